The van der Waals surface area contributed by atoms with E-state index in [1.165, 1.54) is 30.6 Å². The summed E-state index contributed by atoms with van der Waals surface area (Å²) in [6, 6.07) is 68.6. The highest BCUT2D eigenvalue weighted by atomic mass is 127. The Kier molecular flexibility index (Phi) is 16.3. The summed E-state index contributed by atoms with van der Waals surface area (Å²) < 4.78 is 86.1. The van der Waals surface area contributed by atoms with Crippen LogP contribution < -0.4 is 0 Å². The van der Waals surface area contributed by atoms with Crippen molar-refractivity contribution in [1.29, 1.82) is 0 Å². The third-order valence-corrected chi connectivity index (χ3v) is 15.8. The Labute approximate surface area is 454 Å². The number of hydrogen-bond acceptors (Lipinski definition) is 6. The van der Waals surface area contributed by atoms with Crippen molar-refractivity contribution in [3.8, 4) is 0 Å². The van der Waals surface area contributed by atoms with E-state index in [9.17, 15) is 13.2 Å². The standard InChI is InChI=1S/C33H29F2N3O2.C31H27F2IO2/c34-29-16-17-30(31(35)18-29)32(22-38-24-36-23-37-38)19-25(20-39-32)21-40-33(26-10-4-1-5-11-26,27-12-6-2-7-13-27)28-14-8-3-9-15-28;32-27-16-17-28(29(33)18-27)30(22-34)19-23(20-35-30)21-36-31(24-10-4-1-5-11-24,25-12-6-2-7-13-25)26-14-8-3-9-15-26/h1-18,23-25H,19-22H2;1-18,23H,19-22H2/t25-,32-;23-,30-/m00/s1. The van der Waals surface area contributed by atoms with Crippen LogP contribution in [0, 0.1) is 35.1 Å². The van der Waals surface area contributed by atoms with Crippen LogP contribution in [0.3, 0.4) is 0 Å². The van der Waals surface area contributed by atoms with Crippen molar-refractivity contribution in [3.05, 3.63) is 299 Å². The summed E-state index contributed by atoms with van der Waals surface area (Å²) in [5.74, 6) is -2.46. The van der Waals surface area contributed by atoms with Crippen molar-refractivity contribution in [3.63, 3.8) is 0 Å². The van der Waals surface area contributed by atoms with Gasteiger partial charge in [0.1, 0.15) is 58.3 Å². The van der Waals surface area contributed by atoms with Crippen molar-refractivity contribution in [1.82, 2.24) is 14.8 Å². The molecule has 76 heavy (non-hydrogen) atoms. The lowest BCUT2D eigenvalue weighted by Crippen LogP contribution is -2.35. The number of alkyl halides is 1. The van der Waals surface area contributed by atoms with E-state index >= 15 is 4.39 Å². The van der Waals surface area contributed by atoms with Gasteiger partial charge in [0.25, 0.3) is 0 Å². The van der Waals surface area contributed by atoms with Gasteiger partial charge in [0.2, 0.25) is 0 Å². The number of aromatic nitrogens is 3. The Morgan fingerprint density at radius 1 is 0.487 bits per heavy atom. The highest BCUT2D eigenvalue weighted by Gasteiger charge is 2.48. The minimum absolute atomic E-state index is 0.0414. The molecule has 11 rings (SSSR count). The molecule has 1 aromatic heterocycles. The molecule has 9 aromatic rings. The van der Waals surface area contributed by atoms with E-state index in [0.29, 0.717) is 54.8 Å². The summed E-state index contributed by atoms with van der Waals surface area (Å²) in [7, 11) is 0. The van der Waals surface area contributed by atoms with Crippen molar-refractivity contribution in [2.75, 3.05) is 30.9 Å². The Balaban J connectivity index is 0.000000174. The third kappa shape index (κ3) is 10.9. The lowest BCUT2D eigenvalue weighted by molar-refractivity contribution is -0.0256. The van der Waals surface area contributed by atoms with Crippen molar-refractivity contribution >= 4 is 22.6 Å². The first-order valence-electron chi connectivity index (χ1n) is 25.3. The summed E-state index contributed by atoms with van der Waals surface area (Å²) in [5, 5.41) is 4.22. The third-order valence-electron chi connectivity index (χ3n) is 14.5. The number of hydrogen-bond donors (Lipinski definition) is 0. The summed E-state index contributed by atoms with van der Waals surface area (Å²) in [5.41, 5.74) is 3.27. The van der Waals surface area contributed by atoms with Crippen LogP contribution in [-0.2, 0) is 47.9 Å². The molecular formula is C64H56F4IN3O4. The Hall–Kier alpha value is -6.81. The molecule has 8 aromatic carbocycles. The minimum Gasteiger partial charge on any atom is -0.369 e. The van der Waals surface area contributed by atoms with Gasteiger partial charge in [-0.2, -0.15) is 5.10 Å². The van der Waals surface area contributed by atoms with E-state index in [4.69, 9.17) is 18.9 Å². The molecular weight excluding hydrogens is 1080 g/mol. The molecule has 0 unspecified atom stereocenters. The molecule has 0 spiro atoms. The topological polar surface area (TPSA) is 67.6 Å². The number of rotatable bonds is 17. The van der Waals surface area contributed by atoms with Crippen LogP contribution in [0.1, 0.15) is 57.3 Å². The Morgan fingerprint density at radius 3 is 1.16 bits per heavy atom. The molecule has 3 heterocycles. The largest absolute Gasteiger partial charge is 0.369 e. The van der Waals surface area contributed by atoms with Gasteiger partial charge in [0.05, 0.1) is 33.0 Å². The van der Waals surface area contributed by atoms with Gasteiger partial charge in [-0.25, -0.2) is 27.2 Å². The summed E-state index contributed by atoms with van der Waals surface area (Å²) in [6.07, 6.45) is 4.05. The first-order valence-corrected chi connectivity index (χ1v) is 26.9. The van der Waals surface area contributed by atoms with E-state index in [0.717, 1.165) is 45.5 Å². The maximum Gasteiger partial charge on any atom is 0.143 e. The molecule has 2 saturated heterocycles. The van der Waals surface area contributed by atoms with Gasteiger partial charge in [0.15, 0.2) is 0 Å². The van der Waals surface area contributed by atoms with Crippen LogP contribution in [-0.4, -0.2) is 45.6 Å². The second-order valence-corrected chi connectivity index (χ2v) is 20.2. The van der Waals surface area contributed by atoms with Crippen molar-refractivity contribution < 1.29 is 36.5 Å². The van der Waals surface area contributed by atoms with Gasteiger partial charge in [-0.05, 0) is 58.4 Å². The maximum atomic E-state index is 15.1. The predicted octanol–water partition coefficient (Wildman–Crippen LogP) is 14.1. The summed E-state index contributed by atoms with van der Waals surface area (Å²) in [4.78, 5) is 4.03. The number of ether oxygens (including phenoxy) is 4. The zero-order chi connectivity index (χ0) is 52.4. The quantitative estimate of drug-likeness (QED) is 0.0392. The molecule has 0 amide bonds. The highest BCUT2D eigenvalue weighted by Crippen LogP contribution is 2.47. The maximum absolute atomic E-state index is 15.1. The first-order chi connectivity index (χ1) is 37.2. The molecule has 0 N–H and O–H groups in total. The fraction of sp³-hybridized carbons (Fsp3) is 0.219. The zero-order valence-electron chi connectivity index (χ0n) is 41.6. The van der Waals surface area contributed by atoms with E-state index in [1.807, 2.05) is 109 Å². The van der Waals surface area contributed by atoms with Crippen LogP contribution in [0.4, 0.5) is 17.6 Å². The average molecular weight is 1130 g/mol. The normalized spacial score (nSPS) is 19.5. The minimum atomic E-state index is -1.05. The molecule has 0 bridgehead atoms. The summed E-state index contributed by atoms with van der Waals surface area (Å²) >= 11 is 2.23. The smallest absolute Gasteiger partial charge is 0.143 e. The van der Waals surface area contributed by atoms with Crippen molar-refractivity contribution in [2.24, 2.45) is 11.8 Å². The molecule has 0 aliphatic carbocycles. The molecule has 2 aliphatic heterocycles. The molecule has 4 atom stereocenters. The van der Waals surface area contributed by atoms with Gasteiger partial charge in [0, 0.05) is 39.5 Å². The van der Waals surface area contributed by atoms with E-state index in [-0.39, 0.29) is 18.4 Å². The number of halogens is 5. The fourth-order valence-electron chi connectivity index (χ4n) is 11.0. The molecule has 0 radical (unpaired) electrons. The van der Waals surface area contributed by atoms with E-state index < -0.39 is 45.7 Å². The fourth-order valence-corrected chi connectivity index (χ4v) is 11.9. The van der Waals surface area contributed by atoms with E-state index in [2.05, 4.69) is 105 Å². The molecule has 386 valence electrons. The average Bonchev–Trinajstić information content (AvgIpc) is 4.25. The molecule has 2 fully saturated rings. The second-order valence-electron chi connectivity index (χ2n) is 19.4. The van der Waals surface area contributed by atoms with Crippen LogP contribution in [0.15, 0.2) is 231 Å². The van der Waals surface area contributed by atoms with Crippen molar-refractivity contribution in [2.45, 2.75) is 41.8 Å². The van der Waals surface area contributed by atoms with E-state index in [1.54, 1.807) is 11.0 Å². The highest BCUT2D eigenvalue weighted by molar-refractivity contribution is 14.1. The van der Waals surface area contributed by atoms with Gasteiger partial charge < -0.3 is 18.9 Å². The molecule has 2 aliphatic rings. The number of nitrogens with zero attached hydrogens (tertiary/aromatic N) is 3. The lowest BCUT2D eigenvalue weighted by Gasteiger charge is -2.37. The molecule has 12 heteroatoms. The molecule has 0 saturated carbocycles. The Morgan fingerprint density at radius 2 is 0.829 bits per heavy atom. The SMILES string of the molecule is Fc1ccc([C@@]2(CI)C[C@H](COC(c3ccccc3)(c3ccccc3)c3ccccc3)CO2)c(F)c1.Fc1ccc([C@@]2(Cn3cncn3)C[C@H](COC(c3ccccc3)(c3ccccc3)c3ccccc3)CO2)c(F)c1. The van der Waals surface area contributed by atoms with Crippen LogP contribution in [0.2, 0.25) is 0 Å². The zero-order valence-corrected chi connectivity index (χ0v) is 43.8. The number of benzene rings is 8. The first kappa shape index (κ1) is 52.6. The van der Waals surface area contributed by atoms with Gasteiger partial charge in [-0.3, -0.25) is 0 Å². The van der Waals surface area contributed by atoms with Crippen LogP contribution >= 0.6 is 22.6 Å². The van der Waals surface area contributed by atoms with Gasteiger partial charge in [-0.15, -0.1) is 0 Å². The predicted molar refractivity (Wildman–Crippen MR) is 293 cm³/mol. The van der Waals surface area contributed by atoms with Gasteiger partial charge in [-0.1, -0.05) is 217 Å². The second kappa shape index (κ2) is 23.6. The Bertz CT molecular complexity index is 3070. The van der Waals surface area contributed by atoms with Crippen LogP contribution in [0.25, 0.3) is 0 Å². The lowest BCUT2D eigenvalue weighted by atomic mass is 9.80. The molecule has 7 nitrogen and oxygen atoms in total. The monoisotopic (exact) mass is 1130 g/mol. The van der Waals surface area contributed by atoms with Crippen LogP contribution in [0.5, 0.6) is 0 Å². The van der Waals surface area contributed by atoms with Gasteiger partial charge >= 0.3 is 0 Å². The summed E-state index contributed by atoms with van der Waals surface area (Å²) in [6.45, 7) is 1.79.